The summed E-state index contributed by atoms with van der Waals surface area (Å²) in [4.78, 5) is 18.4. The van der Waals surface area contributed by atoms with Crippen LogP contribution < -0.4 is 5.32 Å². The van der Waals surface area contributed by atoms with Crippen molar-refractivity contribution in [3.05, 3.63) is 76.6 Å². The van der Waals surface area contributed by atoms with Gasteiger partial charge in [0.05, 0.1) is 18.3 Å². The number of rotatable bonds is 7. The Balaban J connectivity index is 1.64. The second-order valence-corrected chi connectivity index (χ2v) is 9.60. The van der Waals surface area contributed by atoms with Crippen molar-refractivity contribution in [2.45, 2.75) is 63.6 Å². The second-order valence-electron chi connectivity index (χ2n) is 8.53. The quantitative estimate of drug-likeness (QED) is 0.465. The number of thioether (sulfide) groups is 1. The van der Waals surface area contributed by atoms with E-state index < -0.39 is 5.25 Å². The number of hydrogen-bond donors (Lipinski definition) is 1. The van der Waals surface area contributed by atoms with Crippen LogP contribution in [-0.2, 0) is 16.1 Å². The first kappa shape index (κ1) is 22.6. The lowest BCUT2D eigenvalue weighted by molar-refractivity contribution is -0.115. The van der Waals surface area contributed by atoms with Crippen LogP contribution in [0.5, 0.6) is 0 Å². The molecular formula is C26H31N3O2S. The van der Waals surface area contributed by atoms with Gasteiger partial charge in [0.2, 0.25) is 5.91 Å². The highest BCUT2D eigenvalue weighted by atomic mass is 32.2. The molecular weight excluding hydrogens is 418 g/mol. The molecule has 2 aromatic carbocycles. The summed E-state index contributed by atoms with van der Waals surface area (Å²) < 4.78 is 8.10. The summed E-state index contributed by atoms with van der Waals surface area (Å²) in [5.41, 5.74) is 6.10. The zero-order valence-corrected chi connectivity index (χ0v) is 20.0. The van der Waals surface area contributed by atoms with E-state index in [1.54, 1.807) is 0 Å². The first-order valence-electron chi connectivity index (χ1n) is 11.2. The fourth-order valence-corrected chi connectivity index (χ4v) is 5.19. The number of anilines is 1. The number of hydrogen-bond acceptors (Lipinski definition) is 4. The summed E-state index contributed by atoms with van der Waals surface area (Å²) in [5.74, 6) is -0.0446. The highest BCUT2D eigenvalue weighted by Crippen LogP contribution is 2.37. The summed E-state index contributed by atoms with van der Waals surface area (Å²) in [5, 5.41) is 3.61. The Morgan fingerprint density at radius 2 is 1.97 bits per heavy atom. The zero-order valence-electron chi connectivity index (χ0n) is 19.2. The average Bonchev–Trinajstić information content (AvgIpc) is 3.39. The number of imidazole rings is 1. The molecule has 5 nitrogen and oxygen atoms in total. The van der Waals surface area contributed by atoms with Crippen LogP contribution in [0.2, 0.25) is 0 Å². The van der Waals surface area contributed by atoms with Crippen LogP contribution in [0.3, 0.4) is 0 Å². The Labute approximate surface area is 194 Å². The number of nitrogens with zero attached hydrogens (tertiary/aromatic N) is 2. The fraction of sp³-hybridized carbons (Fsp3) is 0.385. The van der Waals surface area contributed by atoms with E-state index in [0.29, 0.717) is 0 Å². The van der Waals surface area contributed by atoms with Gasteiger partial charge in [0.15, 0.2) is 5.16 Å². The lowest BCUT2D eigenvalue weighted by atomic mass is 10.1. The fourth-order valence-electron chi connectivity index (χ4n) is 4.00. The van der Waals surface area contributed by atoms with Gasteiger partial charge < -0.3 is 14.6 Å². The lowest BCUT2D eigenvalue weighted by Crippen LogP contribution is -2.21. The van der Waals surface area contributed by atoms with Crippen LogP contribution in [0.15, 0.2) is 53.7 Å². The molecule has 1 aromatic heterocycles. The highest BCUT2D eigenvalue weighted by Gasteiger charge is 2.27. The van der Waals surface area contributed by atoms with E-state index in [1.807, 2.05) is 63.2 Å². The summed E-state index contributed by atoms with van der Waals surface area (Å²) in [6.45, 7) is 9.76. The van der Waals surface area contributed by atoms with E-state index >= 15 is 0 Å². The first-order valence-corrected chi connectivity index (χ1v) is 12.1. The number of carbonyl (C=O) groups is 1. The Kier molecular flexibility index (Phi) is 7.01. The molecule has 1 saturated heterocycles. The van der Waals surface area contributed by atoms with Crippen molar-refractivity contribution in [2.75, 3.05) is 11.9 Å². The van der Waals surface area contributed by atoms with Crippen LogP contribution >= 0.6 is 11.8 Å². The van der Waals surface area contributed by atoms with Gasteiger partial charge in [0.1, 0.15) is 5.25 Å². The van der Waals surface area contributed by atoms with E-state index in [-0.39, 0.29) is 12.0 Å². The Morgan fingerprint density at radius 1 is 1.19 bits per heavy atom. The van der Waals surface area contributed by atoms with Crippen molar-refractivity contribution in [3.8, 4) is 0 Å². The molecule has 0 radical (unpaired) electrons. The minimum absolute atomic E-state index is 0.0446. The van der Waals surface area contributed by atoms with Crippen molar-refractivity contribution < 1.29 is 9.53 Å². The van der Waals surface area contributed by atoms with Crippen LogP contribution in [-0.4, -0.2) is 28.2 Å². The van der Waals surface area contributed by atoms with Crippen molar-refractivity contribution in [1.29, 1.82) is 0 Å². The van der Waals surface area contributed by atoms with Crippen LogP contribution in [0, 0.1) is 27.7 Å². The molecule has 0 aliphatic carbocycles. The maximum atomic E-state index is 13.5. The third-order valence-electron chi connectivity index (χ3n) is 6.05. The van der Waals surface area contributed by atoms with E-state index in [9.17, 15) is 4.79 Å². The zero-order chi connectivity index (χ0) is 22.7. The molecule has 1 N–H and O–H groups in total. The number of carbonyl (C=O) groups excluding carboxylic acids is 1. The van der Waals surface area contributed by atoms with Crippen LogP contribution in [0.25, 0.3) is 0 Å². The van der Waals surface area contributed by atoms with Crippen LogP contribution in [0.1, 0.15) is 46.2 Å². The molecule has 1 aliphatic heterocycles. The van der Waals surface area contributed by atoms with Crippen molar-refractivity contribution in [1.82, 2.24) is 9.55 Å². The molecule has 32 heavy (non-hydrogen) atoms. The van der Waals surface area contributed by atoms with Gasteiger partial charge in [0.25, 0.3) is 0 Å². The molecule has 0 bridgehead atoms. The third kappa shape index (κ3) is 5.08. The molecule has 168 valence electrons. The molecule has 2 unspecified atom stereocenters. The molecule has 0 saturated carbocycles. The molecule has 4 rings (SSSR count). The van der Waals surface area contributed by atoms with Gasteiger partial charge in [-0.25, -0.2) is 4.98 Å². The molecule has 0 spiro atoms. The predicted molar refractivity (Wildman–Crippen MR) is 130 cm³/mol. The summed E-state index contributed by atoms with van der Waals surface area (Å²) in [6, 6.07) is 16.1. The maximum Gasteiger partial charge on any atom is 0.242 e. The molecule has 2 atom stereocenters. The largest absolute Gasteiger partial charge is 0.376 e. The topological polar surface area (TPSA) is 56.2 Å². The monoisotopic (exact) mass is 449 g/mol. The minimum Gasteiger partial charge on any atom is -0.376 e. The normalized spacial score (nSPS) is 16.8. The lowest BCUT2D eigenvalue weighted by Gasteiger charge is -2.20. The summed E-state index contributed by atoms with van der Waals surface area (Å²) in [6.07, 6.45) is 2.38. The molecule has 6 heteroatoms. The smallest absolute Gasteiger partial charge is 0.242 e. The van der Waals surface area contributed by atoms with Gasteiger partial charge in [-0.2, -0.15) is 0 Å². The van der Waals surface area contributed by atoms with Gasteiger partial charge in [-0.15, -0.1) is 0 Å². The van der Waals surface area contributed by atoms with Gasteiger partial charge in [-0.05, 0) is 63.3 Å². The highest BCUT2D eigenvalue weighted by molar-refractivity contribution is 8.00. The first-order chi connectivity index (χ1) is 15.4. The second kappa shape index (κ2) is 9.92. The van der Waals surface area contributed by atoms with Gasteiger partial charge in [-0.1, -0.05) is 54.2 Å². The number of benzene rings is 2. The molecule has 2 heterocycles. The SMILES string of the molecule is Cc1ccc(C)c(NC(=O)C(Sc2nc(C)c(C)n2CC2CCCO2)c2ccccc2)c1. The number of ether oxygens (including phenoxy) is 1. The van der Waals surface area contributed by atoms with E-state index in [1.165, 1.54) is 11.8 Å². The third-order valence-corrected chi connectivity index (χ3v) is 7.29. The molecule has 1 fully saturated rings. The molecule has 1 aliphatic rings. The van der Waals surface area contributed by atoms with Crippen LogP contribution in [0.4, 0.5) is 5.69 Å². The van der Waals surface area contributed by atoms with Gasteiger partial charge >= 0.3 is 0 Å². The van der Waals surface area contributed by atoms with E-state index in [0.717, 1.165) is 64.9 Å². The molecule has 1 amide bonds. The molecule has 3 aromatic rings. The van der Waals surface area contributed by atoms with Crippen molar-refractivity contribution in [3.63, 3.8) is 0 Å². The van der Waals surface area contributed by atoms with Gasteiger partial charge in [0, 0.05) is 18.0 Å². The van der Waals surface area contributed by atoms with Crippen molar-refractivity contribution in [2.24, 2.45) is 0 Å². The number of amides is 1. The average molecular weight is 450 g/mol. The predicted octanol–water partition coefficient (Wildman–Crippen LogP) is 5.77. The van der Waals surface area contributed by atoms with Crippen molar-refractivity contribution >= 4 is 23.4 Å². The summed E-state index contributed by atoms with van der Waals surface area (Å²) in [7, 11) is 0. The Morgan fingerprint density at radius 3 is 2.69 bits per heavy atom. The van der Waals surface area contributed by atoms with E-state index in [4.69, 9.17) is 9.72 Å². The van der Waals surface area contributed by atoms with E-state index in [2.05, 4.69) is 22.9 Å². The number of aryl methyl sites for hydroxylation is 3. The minimum atomic E-state index is -0.416. The maximum absolute atomic E-state index is 13.5. The van der Waals surface area contributed by atoms with Gasteiger partial charge in [-0.3, -0.25) is 4.79 Å². The Bertz CT molecular complexity index is 1090. The number of aromatic nitrogens is 2. The summed E-state index contributed by atoms with van der Waals surface area (Å²) >= 11 is 1.51. The number of nitrogens with one attached hydrogen (secondary N) is 1. The Hall–Kier alpha value is -2.57. The standard InChI is InChI=1S/C26H31N3O2S/c1-17-12-13-18(2)23(15-17)28-25(30)24(21-9-6-5-7-10-21)32-26-27-19(3)20(4)29(26)16-22-11-8-14-31-22/h5-7,9-10,12-13,15,22,24H,8,11,14,16H2,1-4H3,(H,28,30).